The fourth-order valence-corrected chi connectivity index (χ4v) is 10.4. The molecule has 0 radical (unpaired) electrons. The van der Waals surface area contributed by atoms with Crippen molar-refractivity contribution in [1.82, 2.24) is 0 Å². The van der Waals surface area contributed by atoms with E-state index in [0.29, 0.717) is 0 Å². The second-order valence-electron chi connectivity index (χ2n) is 17.3. The van der Waals surface area contributed by atoms with Crippen molar-refractivity contribution in [3.8, 4) is 44.5 Å². The minimum Gasteiger partial charge on any atom is -0.310 e. The van der Waals surface area contributed by atoms with Gasteiger partial charge in [-0.3, -0.25) is 0 Å². The maximum Gasteiger partial charge on any atom is 0.0467 e. The third-order valence-electron chi connectivity index (χ3n) is 13.4. The first-order valence-corrected chi connectivity index (χ1v) is 21.7. The highest BCUT2D eigenvalue weighted by atomic mass is 15.1. The molecule has 0 unspecified atom stereocenters. The Bertz CT molecular complexity index is 3520. The molecular weight excluding hydrogens is 747 g/mol. The van der Waals surface area contributed by atoms with E-state index in [1.165, 1.54) is 98.7 Å². The Kier molecular flexibility index (Phi) is 8.27. The Balaban J connectivity index is 0.999. The van der Waals surface area contributed by atoms with E-state index in [-0.39, 0.29) is 5.41 Å². The Morgan fingerprint density at radius 2 is 0.871 bits per heavy atom. The first-order chi connectivity index (χ1) is 30.5. The standard InChI is InChI=1S/C61H43N/c1-61(2)56-24-11-10-22-54(56)59-51(23-13-25-57(59)61)42-28-33-47(34-29-42)62(49-19-12-18-45(38-49)40-14-4-3-5-15-40)48-35-30-43(31-36-48)55-39-46-17-7-9-21-52(46)60-53(55)37-32-44-27-26-41-16-6-8-20-50(41)58(44)60/h3-39H,1-2H3. The monoisotopic (exact) mass is 789 g/mol. The SMILES string of the molecule is CC1(C)c2ccccc2-c2c(-c3ccc(N(c4ccc(-c5cc6ccccc6c6c5ccc5ccc7ccccc7c56)cc4)c4cccc(-c5ccccc5)c4)cc3)cccc21. The van der Waals surface area contributed by atoms with E-state index in [1.54, 1.807) is 0 Å². The number of hydrogen-bond acceptors (Lipinski definition) is 1. The molecule has 11 aromatic rings. The third kappa shape index (κ3) is 5.70. The lowest BCUT2D eigenvalue weighted by Crippen LogP contribution is -2.14. The summed E-state index contributed by atoms with van der Waals surface area (Å²) in [5.74, 6) is 0. The largest absolute Gasteiger partial charge is 0.310 e. The molecule has 0 atom stereocenters. The molecule has 0 bridgehead atoms. The number of benzene rings is 11. The van der Waals surface area contributed by atoms with Gasteiger partial charge in [-0.05, 0) is 141 Å². The molecule has 0 spiro atoms. The van der Waals surface area contributed by atoms with Crippen molar-refractivity contribution in [1.29, 1.82) is 0 Å². The van der Waals surface area contributed by atoms with Crippen LogP contribution in [0.15, 0.2) is 224 Å². The first kappa shape index (κ1) is 36.1. The van der Waals surface area contributed by atoms with Crippen LogP contribution in [0.2, 0.25) is 0 Å². The maximum absolute atomic E-state index is 2.39. The number of rotatable bonds is 6. The predicted molar refractivity (Wildman–Crippen MR) is 265 cm³/mol. The Hall–Kier alpha value is -7.74. The smallest absolute Gasteiger partial charge is 0.0467 e. The molecule has 0 fully saturated rings. The fourth-order valence-electron chi connectivity index (χ4n) is 10.4. The molecule has 0 saturated heterocycles. The van der Waals surface area contributed by atoms with Crippen LogP contribution in [0, 0.1) is 0 Å². The molecule has 0 saturated carbocycles. The molecule has 0 N–H and O–H groups in total. The van der Waals surface area contributed by atoms with Gasteiger partial charge in [-0.25, -0.2) is 0 Å². The van der Waals surface area contributed by atoms with Crippen LogP contribution >= 0.6 is 0 Å². The lowest BCUT2D eigenvalue weighted by atomic mass is 9.82. The zero-order chi connectivity index (χ0) is 41.4. The molecule has 1 aliphatic carbocycles. The van der Waals surface area contributed by atoms with Crippen LogP contribution in [0.1, 0.15) is 25.0 Å². The summed E-state index contributed by atoms with van der Waals surface area (Å²) < 4.78 is 0. The van der Waals surface area contributed by atoms with Gasteiger partial charge in [0.1, 0.15) is 0 Å². The van der Waals surface area contributed by atoms with Gasteiger partial charge in [0.25, 0.3) is 0 Å². The molecule has 0 aromatic heterocycles. The summed E-state index contributed by atoms with van der Waals surface area (Å²) in [6.45, 7) is 4.70. The molecular formula is C61H43N. The van der Waals surface area contributed by atoms with Gasteiger partial charge in [0.2, 0.25) is 0 Å². The van der Waals surface area contributed by atoms with Crippen molar-refractivity contribution in [2.24, 2.45) is 0 Å². The molecule has 0 heterocycles. The van der Waals surface area contributed by atoms with Crippen LogP contribution in [-0.4, -0.2) is 0 Å². The van der Waals surface area contributed by atoms with Crippen LogP contribution in [0.25, 0.3) is 87.6 Å². The topological polar surface area (TPSA) is 3.24 Å². The Labute approximate surface area is 362 Å². The number of hydrogen-bond donors (Lipinski definition) is 0. The third-order valence-corrected chi connectivity index (χ3v) is 13.4. The van der Waals surface area contributed by atoms with Crippen LogP contribution in [0.3, 0.4) is 0 Å². The molecule has 1 heteroatoms. The van der Waals surface area contributed by atoms with Gasteiger partial charge in [0, 0.05) is 22.5 Å². The zero-order valence-electron chi connectivity index (χ0n) is 34.8. The van der Waals surface area contributed by atoms with Crippen molar-refractivity contribution in [3.05, 3.63) is 236 Å². The van der Waals surface area contributed by atoms with Gasteiger partial charge in [-0.1, -0.05) is 196 Å². The van der Waals surface area contributed by atoms with Gasteiger partial charge in [-0.2, -0.15) is 0 Å². The molecule has 62 heavy (non-hydrogen) atoms. The molecule has 1 aliphatic rings. The van der Waals surface area contributed by atoms with Gasteiger partial charge < -0.3 is 4.90 Å². The Morgan fingerprint density at radius 1 is 0.306 bits per heavy atom. The lowest BCUT2D eigenvalue weighted by molar-refractivity contribution is 0.660. The average Bonchev–Trinajstić information content (AvgIpc) is 3.57. The normalized spacial score (nSPS) is 12.8. The minimum atomic E-state index is -0.0457. The predicted octanol–water partition coefficient (Wildman–Crippen LogP) is 17.1. The number of anilines is 3. The van der Waals surface area contributed by atoms with E-state index >= 15 is 0 Å². The van der Waals surface area contributed by atoms with E-state index in [4.69, 9.17) is 0 Å². The van der Waals surface area contributed by atoms with Crippen molar-refractivity contribution in [2.45, 2.75) is 19.3 Å². The van der Waals surface area contributed by atoms with Crippen molar-refractivity contribution in [2.75, 3.05) is 4.90 Å². The summed E-state index contributed by atoms with van der Waals surface area (Å²) in [7, 11) is 0. The second kappa shape index (κ2) is 14.2. The van der Waals surface area contributed by atoms with Crippen LogP contribution in [0.5, 0.6) is 0 Å². The van der Waals surface area contributed by atoms with Crippen LogP contribution in [0.4, 0.5) is 17.1 Å². The van der Waals surface area contributed by atoms with Gasteiger partial charge in [-0.15, -0.1) is 0 Å². The highest BCUT2D eigenvalue weighted by molar-refractivity contribution is 6.29. The van der Waals surface area contributed by atoms with Crippen LogP contribution in [-0.2, 0) is 5.41 Å². The van der Waals surface area contributed by atoms with Crippen molar-refractivity contribution < 1.29 is 0 Å². The summed E-state index contributed by atoms with van der Waals surface area (Å²) in [4.78, 5) is 2.39. The zero-order valence-corrected chi connectivity index (χ0v) is 34.8. The molecule has 0 amide bonds. The van der Waals surface area contributed by atoms with Crippen molar-refractivity contribution in [3.63, 3.8) is 0 Å². The first-order valence-electron chi connectivity index (χ1n) is 21.7. The summed E-state index contributed by atoms with van der Waals surface area (Å²) in [6, 6.07) is 82.9. The summed E-state index contributed by atoms with van der Waals surface area (Å²) in [5.41, 5.74) is 16.1. The minimum absolute atomic E-state index is 0.0457. The van der Waals surface area contributed by atoms with E-state index in [9.17, 15) is 0 Å². The molecule has 11 aromatic carbocycles. The van der Waals surface area contributed by atoms with E-state index < -0.39 is 0 Å². The number of fused-ring (bicyclic) bond motifs is 10. The molecule has 292 valence electrons. The summed E-state index contributed by atoms with van der Waals surface area (Å²) >= 11 is 0. The highest BCUT2D eigenvalue weighted by Crippen LogP contribution is 2.52. The molecule has 12 rings (SSSR count). The highest BCUT2D eigenvalue weighted by Gasteiger charge is 2.36. The van der Waals surface area contributed by atoms with Crippen molar-refractivity contribution >= 4 is 60.2 Å². The lowest BCUT2D eigenvalue weighted by Gasteiger charge is -2.27. The van der Waals surface area contributed by atoms with Gasteiger partial charge in [0.15, 0.2) is 0 Å². The van der Waals surface area contributed by atoms with E-state index in [1.807, 2.05) is 0 Å². The quantitative estimate of drug-likeness (QED) is 0.152. The Morgan fingerprint density at radius 3 is 1.65 bits per heavy atom. The van der Waals surface area contributed by atoms with Crippen LogP contribution < -0.4 is 4.90 Å². The summed E-state index contributed by atoms with van der Waals surface area (Å²) in [5, 5.41) is 10.2. The number of nitrogens with zero attached hydrogens (tertiary/aromatic N) is 1. The maximum atomic E-state index is 2.39. The average molecular weight is 790 g/mol. The van der Waals surface area contributed by atoms with Gasteiger partial charge in [0.05, 0.1) is 0 Å². The summed E-state index contributed by atoms with van der Waals surface area (Å²) in [6.07, 6.45) is 0. The second-order valence-corrected chi connectivity index (χ2v) is 17.3. The molecule has 1 nitrogen and oxygen atoms in total. The molecule has 0 aliphatic heterocycles. The van der Waals surface area contributed by atoms with E-state index in [0.717, 1.165) is 17.1 Å². The fraction of sp³-hybridized carbons (Fsp3) is 0.0492. The van der Waals surface area contributed by atoms with Gasteiger partial charge >= 0.3 is 0 Å². The van der Waals surface area contributed by atoms with E-state index in [2.05, 4.69) is 243 Å².